The van der Waals surface area contributed by atoms with E-state index in [0.29, 0.717) is 5.69 Å². The second-order valence-electron chi connectivity index (χ2n) is 3.71. The number of rotatable bonds is 3. The van der Waals surface area contributed by atoms with Crippen molar-refractivity contribution in [1.29, 1.82) is 0 Å². The summed E-state index contributed by atoms with van der Waals surface area (Å²) in [6.45, 7) is 0. The SMILES string of the molecule is CN(c1cccnc1)c1c(F)cccc1C(=O)O. The number of halogens is 1. The monoisotopic (exact) mass is 246 g/mol. The van der Waals surface area contributed by atoms with Crippen LogP contribution in [0, 0.1) is 5.82 Å². The van der Waals surface area contributed by atoms with Gasteiger partial charge in [-0.25, -0.2) is 9.18 Å². The Morgan fingerprint density at radius 1 is 1.33 bits per heavy atom. The highest BCUT2D eigenvalue weighted by Gasteiger charge is 2.18. The van der Waals surface area contributed by atoms with E-state index < -0.39 is 11.8 Å². The molecule has 1 N–H and O–H groups in total. The molecule has 0 saturated carbocycles. The van der Waals surface area contributed by atoms with Gasteiger partial charge in [-0.05, 0) is 24.3 Å². The molecule has 0 saturated heterocycles. The molecule has 1 heterocycles. The summed E-state index contributed by atoms with van der Waals surface area (Å²) in [5.41, 5.74) is 0.560. The number of benzene rings is 1. The van der Waals surface area contributed by atoms with E-state index >= 15 is 0 Å². The fourth-order valence-electron chi connectivity index (χ4n) is 1.71. The van der Waals surface area contributed by atoms with E-state index in [2.05, 4.69) is 4.98 Å². The van der Waals surface area contributed by atoms with E-state index in [9.17, 15) is 9.18 Å². The third-order valence-corrected chi connectivity index (χ3v) is 2.59. The van der Waals surface area contributed by atoms with Gasteiger partial charge >= 0.3 is 5.97 Å². The Morgan fingerprint density at radius 2 is 2.11 bits per heavy atom. The highest BCUT2D eigenvalue weighted by molar-refractivity contribution is 5.95. The highest BCUT2D eigenvalue weighted by Crippen LogP contribution is 2.29. The third-order valence-electron chi connectivity index (χ3n) is 2.59. The summed E-state index contributed by atoms with van der Waals surface area (Å²) in [5, 5.41) is 9.08. The van der Waals surface area contributed by atoms with Crippen molar-refractivity contribution < 1.29 is 14.3 Å². The van der Waals surface area contributed by atoms with Crippen LogP contribution in [0.5, 0.6) is 0 Å². The molecule has 0 fully saturated rings. The molecule has 0 radical (unpaired) electrons. The smallest absolute Gasteiger partial charge is 0.337 e. The average molecular weight is 246 g/mol. The quantitative estimate of drug-likeness (QED) is 0.904. The highest BCUT2D eigenvalue weighted by atomic mass is 19.1. The molecular weight excluding hydrogens is 235 g/mol. The van der Waals surface area contributed by atoms with Gasteiger partial charge in [0, 0.05) is 13.2 Å². The zero-order valence-electron chi connectivity index (χ0n) is 9.67. The molecule has 0 aliphatic heterocycles. The van der Waals surface area contributed by atoms with Crippen LogP contribution in [0.4, 0.5) is 15.8 Å². The van der Waals surface area contributed by atoms with Gasteiger partial charge in [0.25, 0.3) is 0 Å². The summed E-state index contributed by atoms with van der Waals surface area (Å²) < 4.78 is 13.8. The number of aromatic nitrogens is 1. The first-order valence-electron chi connectivity index (χ1n) is 5.27. The molecule has 1 aromatic heterocycles. The molecule has 2 aromatic rings. The molecule has 1 aromatic carbocycles. The molecule has 0 bridgehead atoms. The summed E-state index contributed by atoms with van der Waals surface area (Å²) in [5.74, 6) is -1.75. The van der Waals surface area contributed by atoms with Crippen molar-refractivity contribution in [2.45, 2.75) is 0 Å². The summed E-state index contributed by atoms with van der Waals surface area (Å²) in [4.78, 5) is 16.5. The Kier molecular flexibility index (Phi) is 3.23. The number of nitrogens with zero attached hydrogens (tertiary/aromatic N) is 2. The molecule has 0 atom stereocenters. The van der Waals surface area contributed by atoms with Crippen LogP contribution in [0.3, 0.4) is 0 Å². The number of carboxylic acid groups (broad SMARTS) is 1. The number of para-hydroxylation sites is 1. The molecule has 92 valence electrons. The van der Waals surface area contributed by atoms with Crippen LogP contribution < -0.4 is 4.90 Å². The fourth-order valence-corrected chi connectivity index (χ4v) is 1.71. The Morgan fingerprint density at radius 3 is 2.72 bits per heavy atom. The summed E-state index contributed by atoms with van der Waals surface area (Å²) in [6, 6.07) is 7.40. The van der Waals surface area contributed by atoms with E-state index in [1.165, 1.54) is 29.3 Å². The van der Waals surface area contributed by atoms with E-state index in [-0.39, 0.29) is 11.3 Å². The van der Waals surface area contributed by atoms with Crippen molar-refractivity contribution in [2.24, 2.45) is 0 Å². The van der Waals surface area contributed by atoms with Gasteiger partial charge in [-0.1, -0.05) is 6.07 Å². The summed E-state index contributed by atoms with van der Waals surface area (Å²) >= 11 is 0. The minimum absolute atomic E-state index is 0.0259. The minimum Gasteiger partial charge on any atom is -0.478 e. The number of carboxylic acids is 1. The van der Waals surface area contributed by atoms with Crippen LogP contribution >= 0.6 is 0 Å². The largest absolute Gasteiger partial charge is 0.478 e. The van der Waals surface area contributed by atoms with E-state index in [1.54, 1.807) is 25.4 Å². The molecule has 2 rings (SSSR count). The number of aromatic carboxylic acids is 1. The van der Waals surface area contributed by atoms with Gasteiger partial charge < -0.3 is 10.0 Å². The van der Waals surface area contributed by atoms with Gasteiger partial charge in [0.2, 0.25) is 0 Å². The standard InChI is InChI=1S/C13H11FN2O2/c1-16(9-4-3-7-15-8-9)12-10(13(17)18)5-2-6-11(12)14/h2-8H,1H3,(H,17,18). The maximum atomic E-state index is 13.8. The van der Waals surface area contributed by atoms with Crippen LogP contribution in [0.25, 0.3) is 0 Å². The number of hydrogen-bond donors (Lipinski definition) is 1. The normalized spacial score (nSPS) is 10.1. The van der Waals surface area contributed by atoms with Crippen LogP contribution in [0.1, 0.15) is 10.4 Å². The first-order valence-corrected chi connectivity index (χ1v) is 5.27. The van der Waals surface area contributed by atoms with Crippen molar-refractivity contribution in [1.82, 2.24) is 4.98 Å². The molecule has 0 spiro atoms. The van der Waals surface area contributed by atoms with Crippen LogP contribution in [-0.4, -0.2) is 23.1 Å². The van der Waals surface area contributed by atoms with Gasteiger partial charge in [0.1, 0.15) is 5.82 Å². The Bertz CT molecular complexity index is 572. The first-order chi connectivity index (χ1) is 8.61. The first kappa shape index (κ1) is 12.0. The van der Waals surface area contributed by atoms with Crippen molar-refractivity contribution in [2.75, 3.05) is 11.9 Å². The maximum absolute atomic E-state index is 13.8. The Labute approximate surface area is 103 Å². The predicted octanol–water partition coefficient (Wildman–Crippen LogP) is 2.69. The van der Waals surface area contributed by atoms with Crippen LogP contribution in [0.2, 0.25) is 0 Å². The second kappa shape index (κ2) is 4.83. The van der Waals surface area contributed by atoms with Gasteiger partial charge in [0.15, 0.2) is 0 Å². The lowest BCUT2D eigenvalue weighted by atomic mass is 10.1. The molecule has 0 amide bonds. The fraction of sp³-hybridized carbons (Fsp3) is 0.0769. The number of anilines is 2. The Balaban J connectivity index is 2.54. The lowest BCUT2D eigenvalue weighted by molar-refractivity contribution is 0.0697. The molecule has 0 aliphatic carbocycles. The lowest BCUT2D eigenvalue weighted by Crippen LogP contribution is -2.16. The topological polar surface area (TPSA) is 53.4 Å². The molecule has 5 heteroatoms. The number of carbonyl (C=O) groups is 1. The zero-order valence-corrected chi connectivity index (χ0v) is 9.67. The average Bonchev–Trinajstić information content (AvgIpc) is 2.38. The number of pyridine rings is 1. The van der Waals surface area contributed by atoms with E-state index in [4.69, 9.17) is 5.11 Å². The predicted molar refractivity (Wildman–Crippen MR) is 65.7 cm³/mol. The number of hydrogen-bond acceptors (Lipinski definition) is 3. The van der Waals surface area contributed by atoms with Crippen molar-refractivity contribution in [3.8, 4) is 0 Å². The van der Waals surface area contributed by atoms with Gasteiger partial charge in [-0.15, -0.1) is 0 Å². The molecule has 0 unspecified atom stereocenters. The molecule has 18 heavy (non-hydrogen) atoms. The van der Waals surface area contributed by atoms with E-state index in [1.807, 2.05) is 0 Å². The zero-order chi connectivity index (χ0) is 13.1. The molecule has 0 aliphatic rings. The van der Waals surface area contributed by atoms with E-state index in [0.717, 1.165) is 0 Å². The molecular formula is C13H11FN2O2. The molecule has 4 nitrogen and oxygen atoms in total. The van der Waals surface area contributed by atoms with Gasteiger partial charge in [-0.3, -0.25) is 4.98 Å². The van der Waals surface area contributed by atoms with Gasteiger partial charge in [0.05, 0.1) is 23.1 Å². The lowest BCUT2D eigenvalue weighted by Gasteiger charge is -2.21. The minimum atomic E-state index is -1.17. The van der Waals surface area contributed by atoms with Crippen molar-refractivity contribution in [3.05, 3.63) is 54.1 Å². The summed E-state index contributed by atoms with van der Waals surface area (Å²) in [7, 11) is 1.60. The van der Waals surface area contributed by atoms with Crippen molar-refractivity contribution >= 4 is 17.3 Å². The van der Waals surface area contributed by atoms with Crippen LogP contribution in [-0.2, 0) is 0 Å². The maximum Gasteiger partial charge on any atom is 0.337 e. The van der Waals surface area contributed by atoms with Crippen LogP contribution in [0.15, 0.2) is 42.7 Å². The van der Waals surface area contributed by atoms with Gasteiger partial charge in [-0.2, -0.15) is 0 Å². The Hall–Kier alpha value is -2.43. The van der Waals surface area contributed by atoms with Crippen molar-refractivity contribution in [3.63, 3.8) is 0 Å². The third kappa shape index (κ3) is 2.15. The second-order valence-corrected chi connectivity index (χ2v) is 3.71. The summed E-state index contributed by atoms with van der Waals surface area (Å²) in [6.07, 6.45) is 3.13.